The minimum Gasteiger partial charge on any atom is -0.482 e. The van der Waals surface area contributed by atoms with E-state index in [9.17, 15) is 14.4 Å². The molecule has 7 nitrogen and oxygen atoms in total. The first-order chi connectivity index (χ1) is 13.7. The number of carbonyl (C=O) groups excluding carboxylic acids is 3. The van der Waals surface area contributed by atoms with Crippen LogP contribution in [0.5, 0.6) is 11.5 Å². The van der Waals surface area contributed by atoms with Crippen LogP contribution in [0.4, 0.5) is 4.79 Å². The Hall–Kier alpha value is -3.06. The lowest BCUT2D eigenvalue weighted by atomic mass is 9.93. The molecule has 2 aromatic carbocycles. The fourth-order valence-corrected chi connectivity index (χ4v) is 3.17. The monoisotopic (exact) mass is 416 g/mol. The first kappa shape index (κ1) is 20.7. The van der Waals surface area contributed by atoms with Crippen LogP contribution in [0.3, 0.4) is 0 Å². The number of benzene rings is 2. The van der Waals surface area contributed by atoms with Crippen molar-refractivity contribution in [1.82, 2.24) is 10.6 Å². The lowest BCUT2D eigenvalue weighted by molar-refractivity contribution is -0.136. The molecule has 1 aliphatic heterocycles. The third kappa shape index (κ3) is 5.26. The highest BCUT2D eigenvalue weighted by molar-refractivity contribution is 6.30. The molecule has 1 atom stereocenters. The minimum atomic E-state index is -0.917. The SMILES string of the molecule is Cc1cc(Cl)ccc1OCC(=O)Oc1ccc(CC[C@]2(C)NC(=O)NC2=O)cc1. The summed E-state index contributed by atoms with van der Waals surface area (Å²) in [7, 11) is 0. The lowest BCUT2D eigenvalue weighted by Gasteiger charge is -2.20. The van der Waals surface area contributed by atoms with Crippen molar-refractivity contribution in [3.05, 3.63) is 58.6 Å². The van der Waals surface area contributed by atoms with Gasteiger partial charge < -0.3 is 14.8 Å². The number of amides is 3. The Morgan fingerprint density at radius 1 is 1.14 bits per heavy atom. The third-order valence-corrected chi connectivity index (χ3v) is 4.90. The largest absolute Gasteiger partial charge is 0.482 e. The number of hydrogen-bond donors (Lipinski definition) is 2. The van der Waals surface area contributed by atoms with E-state index in [0.29, 0.717) is 29.4 Å². The fraction of sp³-hybridized carbons (Fsp3) is 0.286. The number of esters is 1. The number of halogens is 1. The normalized spacial score (nSPS) is 18.2. The minimum absolute atomic E-state index is 0.225. The van der Waals surface area contributed by atoms with Crippen molar-refractivity contribution in [3.63, 3.8) is 0 Å². The van der Waals surface area contributed by atoms with Gasteiger partial charge in [-0.3, -0.25) is 10.1 Å². The van der Waals surface area contributed by atoms with Gasteiger partial charge in [0.1, 0.15) is 17.0 Å². The van der Waals surface area contributed by atoms with Gasteiger partial charge in [-0.25, -0.2) is 9.59 Å². The summed E-state index contributed by atoms with van der Waals surface area (Å²) in [5, 5.41) is 5.47. The molecule has 1 heterocycles. The van der Waals surface area contributed by atoms with E-state index in [-0.39, 0.29) is 12.5 Å². The molecule has 1 saturated heterocycles. The quantitative estimate of drug-likeness (QED) is 0.411. The number of nitrogens with one attached hydrogen (secondary N) is 2. The second-order valence-corrected chi connectivity index (χ2v) is 7.49. The second kappa shape index (κ2) is 8.53. The van der Waals surface area contributed by atoms with Gasteiger partial charge in [-0.15, -0.1) is 0 Å². The van der Waals surface area contributed by atoms with Crippen molar-refractivity contribution < 1.29 is 23.9 Å². The molecule has 0 unspecified atom stereocenters. The molecule has 3 amide bonds. The summed E-state index contributed by atoms with van der Waals surface area (Å²) in [5.74, 6) is 0.112. The lowest BCUT2D eigenvalue weighted by Crippen LogP contribution is -2.43. The molecule has 0 aliphatic carbocycles. The number of carbonyl (C=O) groups is 3. The van der Waals surface area contributed by atoms with Crippen LogP contribution in [0.25, 0.3) is 0 Å². The van der Waals surface area contributed by atoms with Crippen LogP contribution >= 0.6 is 11.6 Å². The zero-order valence-corrected chi connectivity index (χ0v) is 16.8. The van der Waals surface area contributed by atoms with Gasteiger partial charge in [0.2, 0.25) is 0 Å². The average molecular weight is 417 g/mol. The first-order valence-corrected chi connectivity index (χ1v) is 9.45. The van der Waals surface area contributed by atoms with E-state index >= 15 is 0 Å². The van der Waals surface area contributed by atoms with Gasteiger partial charge >= 0.3 is 12.0 Å². The maximum Gasteiger partial charge on any atom is 0.349 e. The maximum atomic E-state index is 12.0. The summed E-state index contributed by atoms with van der Waals surface area (Å²) in [5.41, 5.74) is 0.864. The molecule has 1 aliphatic rings. The summed E-state index contributed by atoms with van der Waals surface area (Å²) in [6.45, 7) is 3.30. The summed E-state index contributed by atoms with van der Waals surface area (Å²) in [4.78, 5) is 35.1. The third-order valence-electron chi connectivity index (χ3n) is 4.67. The van der Waals surface area contributed by atoms with E-state index in [1.165, 1.54) is 0 Å². The Balaban J connectivity index is 1.49. The van der Waals surface area contributed by atoms with Gasteiger partial charge in [0.05, 0.1) is 0 Å². The molecule has 152 valence electrons. The van der Waals surface area contributed by atoms with Gasteiger partial charge in [0, 0.05) is 5.02 Å². The van der Waals surface area contributed by atoms with Gasteiger partial charge in [0.25, 0.3) is 5.91 Å². The highest BCUT2D eigenvalue weighted by Crippen LogP contribution is 2.22. The van der Waals surface area contributed by atoms with Gasteiger partial charge in [-0.2, -0.15) is 0 Å². The van der Waals surface area contributed by atoms with Crippen LogP contribution in [0.1, 0.15) is 24.5 Å². The molecule has 0 radical (unpaired) electrons. The number of ether oxygens (including phenoxy) is 2. The van der Waals surface area contributed by atoms with E-state index in [2.05, 4.69) is 10.6 Å². The van der Waals surface area contributed by atoms with Crippen molar-refractivity contribution in [2.45, 2.75) is 32.2 Å². The molecule has 2 aromatic rings. The van der Waals surface area contributed by atoms with E-state index in [1.807, 2.05) is 19.1 Å². The second-order valence-electron chi connectivity index (χ2n) is 7.06. The van der Waals surface area contributed by atoms with Gasteiger partial charge in [-0.05, 0) is 68.1 Å². The standard InChI is InChI=1S/C21H21ClN2O5/c1-13-11-15(22)5-8-17(13)28-12-18(25)29-16-6-3-14(4-7-16)9-10-21(2)19(26)23-20(27)24-21/h3-8,11H,9-10,12H2,1-2H3,(H2,23,24,26,27)/t21-/m0/s1. The van der Waals surface area contributed by atoms with E-state index in [4.69, 9.17) is 21.1 Å². The number of rotatable bonds is 7. The van der Waals surface area contributed by atoms with Gasteiger partial charge in [-0.1, -0.05) is 23.7 Å². The molecule has 8 heteroatoms. The Kier molecular flexibility index (Phi) is 6.08. The average Bonchev–Trinajstić information content (AvgIpc) is 2.92. The van der Waals surface area contributed by atoms with Crippen molar-refractivity contribution in [3.8, 4) is 11.5 Å². The van der Waals surface area contributed by atoms with Crippen molar-refractivity contribution in [2.24, 2.45) is 0 Å². The Morgan fingerprint density at radius 3 is 2.48 bits per heavy atom. The molecule has 1 fully saturated rings. The predicted molar refractivity (Wildman–Crippen MR) is 107 cm³/mol. The number of hydrogen-bond acceptors (Lipinski definition) is 5. The molecule has 29 heavy (non-hydrogen) atoms. The topological polar surface area (TPSA) is 93.7 Å². The van der Waals surface area contributed by atoms with Crippen LogP contribution in [0.2, 0.25) is 5.02 Å². The van der Waals surface area contributed by atoms with Crippen LogP contribution in [0, 0.1) is 6.92 Å². The zero-order chi connectivity index (χ0) is 21.0. The molecule has 0 spiro atoms. The maximum absolute atomic E-state index is 12.0. The highest BCUT2D eigenvalue weighted by Gasteiger charge is 2.41. The molecule has 2 N–H and O–H groups in total. The van der Waals surface area contributed by atoms with Crippen molar-refractivity contribution in [2.75, 3.05) is 6.61 Å². The Labute approximate surface area is 173 Å². The van der Waals surface area contributed by atoms with Crippen LogP contribution in [-0.4, -0.2) is 30.1 Å². The summed E-state index contributed by atoms with van der Waals surface area (Å²) < 4.78 is 10.7. The van der Waals surface area contributed by atoms with Crippen LogP contribution in [-0.2, 0) is 16.0 Å². The van der Waals surface area contributed by atoms with Crippen LogP contribution < -0.4 is 20.1 Å². The molecular formula is C21H21ClN2O5. The number of aryl methyl sites for hydroxylation is 2. The van der Waals surface area contributed by atoms with E-state index < -0.39 is 17.5 Å². The number of urea groups is 1. The summed E-state index contributed by atoms with van der Waals surface area (Å²) in [6.07, 6.45) is 1.04. The van der Waals surface area contributed by atoms with E-state index in [0.717, 1.165) is 11.1 Å². The predicted octanol–water partition coefficient (Wildman–Crippen LogP) is 3.16. The zero-order valence-electron chi connectivity index (χ0n) is 16.1. The summed E-state index contributed by atoms with van der Waals surface area (Å²) >= 11 is 5.89. The van der Waals surface area contributed by atoms with Crippen molar-refractivity contribution >= 4 is 29.5 Å². The first-order valence-electron chi connectivity index (χ1n) is 9.07. The smallest absolute Gasteiger partial charge is 0.349 e. The fourth-order valence-electron chi connectivity index (χ4n) is 2.95. The molecule has 0 aromatic heterocycles. The molecular weight excluding hydrogens is 396 g/mol. The molecule has 3 rings (SSSR count). The van der Waals surface area contributed by atoms with E-state index in [1.54, 1.807) is 37.3 Å². The molecule has 0 saturated carbocycles. The Bertz CT molecular complexity index is 945. The molecule has 0 bridgehead atoms. The van der Waals surface area contributed by atoms with Crippen molar-refractivity contribution in [1.29, 1.82) is 0 Å². The highest BCUT2D eigenvalue weighted by atomic mass is 35.5. The Morgan fingerprint density at radius 2 is 1.86 bits per heavy atom. The van der Waals surface area contributed by atoms with Crippen LogP contribution in [0.15, 0.2) is 42.5 Å². The summed E-state index contributed by atoms with van der Waals surface area (Å²) in [6, 6.07) is 11.6. The number of imide groups is 1. The van der Waals surface area contributed by atoms with Gasteiger partial charge in [0.15, 0.2) is 6.61 Å².